The van der Waals surface area contributed by atoms with Gasteiger partial charge in [0.25, 0.3) is 0 Å². The van der Waals surface area contributed by atoms with Gasteiger partial charge in [-0.1, -0.05) is 11.6 Å². The highest BCUT2D eigenvalue weighted by atomic mass is 35.5. The van der Waals surface area contributed by atoms with Crippen LogP contribution in [0.25, 0.3) is 16.7 Å². The summed E-state index contributed by atoms with van der Waals surface area (Å²) in [5, 5.41) is 0.434. The van der Waals surface area contributed by atoms with Gasteiger partial charge >= 0.3 is 0 Å². The Kier molecular flexibility index (Phi) is 3.12. The number of pyridine rings is 1. The average molecular weight is 296 g/mol. The molecule has 0 spiro atoms. The van der Waals surface area contributed by atoms with Crippen LogP contribution < -0.4 is 0 Å². The van der Waals surface area contributed by atoms with Crippen LogP contribution in [0.3, 0.4) is 0 Å². The summed E-state index contributed by atoms with van der Waals surface area (Å²) >= 11 is 12.0. The minimum atomic E-state index is -0.365. The standard InChI is InChI=1S/C13H8Cl2FN3/c14-6-13-18-10-7-17-4-3-11(10)19(13)12-5-8(16)1-2-9(12)15/h1-5,7H,6H2. The molecule has 3 rings (SSSR count). The predicted octanol–water partition coefficient (Wildman–Crippen LogP) is 3.95. The molecule has 19 heavy (non-hydrogen) atoms. The predicted molar refractivity (Wildman–Crippen MR) is 73.4 cm³/mol. The quantitative estimate of drug-likeness (QED) is 0.670. The van der Waals surface area contributed by atoms with E-state index in [9.17, 15) is 4.39 Å². The number of fused-ring (bicyclic) bond motifs is 1. The highest BCUT2D eigenvalue weighted by Crippen LogP contribution is 2.27. The molecule has 0 bridgehead atoms. The first-order valence-corrected chi connectivity index (χ1v) is 6.44. The van der Waals surface area contributed by atoms with Gasteiger partial charge in [-0.3, -0.25) is 9.55 Å². The van der Waals surface area contributed by atoms with E-state index in [1.807, 2.05) is 0 Å². The Morgan fingerprint density at radius 2 is 2.11 bits per heavy atom. The molecule has 0 amide bonds. The van der Waals surface area contributed by atoms with Crippen LogP contribution in [0.1, 0.15) is 5.82 Å². The Balaban J connectivity index is 2.37. The van der Waals surface area contributed by atoms with Crippen LogP contribution in [0.15, 0.2) is 36.7 Å². The molecule has 96 valence electrons. The third-order valence-corrected chi connectivity index (χ3v) is 3.35. The van der Waals surface area contributed by atoms with Crippen molar-refractivity contribution in [1.82, 2.24) is 14.5 Å². The van der Waals surface area contributed by atoms with Gasteiger partial charge in [0.05, 0.1) is 28.3 Å². The lowest BCUT2D eigenvalue weighted by atomic mass is 10.3. The summed E-state index contributed by atoms with van der Waals surface area (Å²) in [4.78, 5) is 8.38. The van der Waals surface area contributed by atoms with Crippen molar-refractivity contribution in [3.8, 4) is 5.69 Å². The molecule has 2 aromatic heterocycles. The van der Waals surface area contributed by atoms with Crippen molar-refractivity contribution < 1.29 is 4.39 Å². The van der Waals surface area contributed by atoms with Crippen molar-refractivity contribution in [2.45, 2.75) is 5.88 Å². The van der Waals surface area contributed by atoms with E-state index in [2.05, 4.69) is 9.97 Å². The lowest BCUT2D eigenvalue weighted by Crippen LogP contribution is -2.00. The first kappa shape index (κ1) is 12.4. The lowest BCUT2D eigenvalue weighted by molar-refractivity contribution is 0.626. The summed E-state index contributed by atoms with van der Waals surface area (Å²) in [5.74, 6) is 0.426. The average Bonchev–Trinajstić information content (AvgIpc) is 2.80. The molecule has 0 aliphatic heterocycles. The van der Waals surface area contributed by atoms with E-state index >= 15 is 0 Å². The van der Waals surface area contributed by atoms with Crippen LogP contribution >= 0.6 is 23.2 Å². The molecule has 3 nitrogen and oxygen atoms in total. The van der Waals surface area contributed by atoms with Crippen molar-refractivity contribution >= 4 is 34.2 Å². The molecule has 0 atom stereocenters. The lowest BCUT2D eigenvalue weighted by Gasteiger charge is -2.09. The van der Waals surface area contributed by atoms with Crippen LogP contribution in [0.5, 0.6) is 0 Å². The number of alkyl halides is 1. The zero-order valence-electron chi connectivity index (χ0n) is 9.65. The van der Waals surface area contributed by atoms with E-state index in [1.165, 1.54) is 18.2 Å². The molecule has 0 radical (unpaired) electrons. The maximum Gasteiger partial charge on any atom is 0.129 e. The maximum atomic E-state index is 13.4. The van der Waals surface area contributed by atoms with E-state index in [1.54, 1.807) is 23.0 Å². The van der Waals surface area contributed by atoms with Crippen molar-refractivity contribution in [1.29, 1.82) is 0 Å². The van der Waals surface area contributed by atoms with Crippen LogP contribution in [-0.4, -0.2) is 14.5 Å². The SMILES string of the molecule is Fc1ccc(Cl)c(-n2c(CCl)nc3cnccc32)c1. The molecular formula is C13H8Cl2FN3. The number of rotatable bonds is 2. The van der Waals surface area contributed by atoms with Crippen LogP contribution in [-0.2, 0) is 5.88 Å². The number of hydrogen-bond acceptors (Lipinski definition) is 2. The summed E-state index contributed by atoms with van der Waals surface area (Å²) in [6, 6.07) is 5.98. The fourth-order valence-electron chi connectivity index (χ4n) is 2.00. The summed E-state index contributed by atoms with van der Waals surface area (Å²) in [5.41, 5.74) is 2.00. The third kappa shape index (κ3) is 2.07. The first-order valence-electron chi connectivity index (χ1n) is 5.53. The Bertz CT molecular complexity index is 755. The molecule has 1 aromatic carbocycles. The van der Waals surface area contributed by atoms with Gasteiger partial charge in [-0.15, -0.1) is 11.6 Å². The van der Waals surface area contributed by atoms with Gasteiger partial charge in [-0.05, 0) is 24.3 Å². The number of halogens is 3. The highest BCUT2D eigenvalue weighted by molar-refractivity contribution is 6.32. The normalized spacial score (nSPS) is 11.1. The number of nitrogens with zero attached hydrogens (tertiary/aromatic N) is 3. The maximum absolute atomic E-state index is 13.4. The number of hydrogen-bond donors (Lipinski definition) is 0. The van der Waals surface area contributed by atoms with Crippen molar-refractivity contribution in [2.24, 2.45) is 0 Å². The molecule has 2 heterocycles. The van der Waals surface area contributed by atoms with Gasteiger partial charge < -0.3 is 0 Å². The van der Waals surface area contributed by atoms with Crippen LogP contribution in [0, 0.1) is 5.82 Å². The fourth-order valence-corrected chi connectivity index (χ4v) is 2.38. The number of aromatic nitrogens is 3. The largest absolute Gasteiger partial charge is 0.294 e. The van der Waals surface area contributed by atoms with Crippen molar-refractivity contribution in [3.05, 3.63) is 53.3 Å². The molecule has 0 fully saturated rings. The Morgan fingerprint density at radius 3 is 2.89 bits per heavy atom. The summed E-state index contributed by atoms with van der Waals surface area (Å²) in [6.45, 7) is 0. The van der Waals surface area contributed by atoms with E-state index in [0.717, 1.165) is 5.52 Å². The van der Waals surface area contributed by atoms with Gasteiger partial charge in [0.1, 0.15) is 17.2 Å². The van der Waals surface area contributed by atoms with Gasteiger partial charge in [-0.2, -0.15) is 0 Å². The molecular weight excluding hydrogens is 288 g/mol. The molecule has 0 aliphatic rings. The van der Waals surface area contributed by atoms with Crippen molar-refractivity contribution in [3.63, 3.8) is 0 Å². The third-order valence-electron chi connectivity index (χ3n) is 2.79. The van der Waals surface area contributed by atoms with Gasteiger partial charge in [0, 0.05) is 6.20 Å². The Labute approximate surface area is 118 Å². The molecule has 0 N–H and O–H groups in total. The fraction of sp³-hybridized carbons (Fsp3) is 0.0769. The minimum absolute atomic E-state index is 0.196. The molecule has 3 aromatic rings. The summed E-state index contributed by atoms with van der Waals surface area (Å²) in [6.07, 6.45) is 3.28. The van der Waals surface area contributed by atoms with Crippen LogP contribution in [0.4, 0.5) is 4.39 Å². The smallest absolute Gasteiger partial charge is 0.129 e. The first-order chi connectivity index (χ1) is 9.20. The Morgan fingerprint density at radius 1 is 1.26 bits per heavy atom. The van der Waals surface area contributed by atoms with Crippen LogP contribution in [0.2, 0.25) is 5.02 Å². The molecule has 0 saturated heterocycles. The highest BCUT2D eigenvalue weighted by Gasteiger charge is 2.14. The van der Waals surface area contributed by atoms with E-state index in [4.69, 9.17) is 23.2 Å². The molecule has 0 unspecified atom stereocenters. The second-order valence-electron chi connectivity index (χ2n) is 3.96. The molecule has 0 aliphatic carbocycles. The zero-order valence-corrected chi connectivity index (χ0v) is 11.2. The summed E-state index contributed by atoms with van der Waals surface area (Å²) < 4.78 is 15.2. The van der Waals surface area contributed by atoms with E-state index in [0.29, 0.717) is 22.1 Å². The molecule has 6 heteroatoms. The van der Waals surface area contributed by atoms with Gasteiger partial charge in [0.15, 0.2) is 0 Å². The second-order valence-corrected chi connectivity index (χ2v) is 4.63. The van der Waals surface area contributed by atoms with E-state index in [-0.39, 0.29) is 11.7 Å². The summed E-state index contributed by atoms with van der Waals surface area (Å²) in [7, 11) is 0. The van der Waals surface area contributed by atoms with Gasteiger partial charge in [0.2, 0.25) is 0 Å². The molecule has 0 saturated carbocycles. The van der Waals surface area contributed by atoms with Crippen molar-refractivity contribution in [2.75, 3.05) is 0 Å². The number of benzene rings is 1. The second kappa shape index (κ2) is 4.79. The monoisotopic (exact) mass is 295 g/mol. The minimum Gasteiger partial charge on any atom is -0.294 e. The zero-order chi connectivity index (χ0) is 13.4. The Hall–Kier alpha value is -1.65. The van der Waals surface area contributed by atoms with Gasteiger partial charge in [-0.25, -0.2) is 9.37 Å². The topological polar surface area (TPSA) is 30.7 Å². The van der Waals surface area contributed by atoms with E-state index < -0.39 is 0 Å². The number of imidazole rings is 1.